The van der Waals surface area contributed by atoms with Gasteiger partial charge in [0.2, 0.25) is 0 Å². The lowest BCUT2D eigenvalue weighted by atomic mass is 9.87. The highest BCUT2D eigenvalue weighted by Gasteiger charge is 2.12. The molecule has 126 valence electrons. The molecule has 6 nitrogen and oxygen atoms in total. The number of nitrogens with zero attached hydrogens (tertiary/aromatic N) is 1. The zero-order chi connectivity index (χ0) is 17.6. The first-order valence-corrected chi connectivity index (χ1v) is 7.60. The highest BCUT2D eigenvalue weighted by Crippen LogP contribution is 2.21. The number of furan rings is 1. The minimum atomic E-state index is -0.447. The van der Waals surface area contributed by atoms with Crippen molar-refractivity contribution in [2.75, 3.05) is 6.54 Å². The van der Waals surface area contributed by atoms with E-state index in [9.17, 15) is 9.59 Å². The molecule has 6 heteroatoms. The van der Waals surface area contributed by atoms with Crippen molar-refractivity contribution < 1.29 is 14.0 Å². The summed E-state index contributed by atoms with van der Waals surface area (Å²) in [6, 6.07) is 11.1. The molecule has 2 aromatic rings. The third kappa shape index (κ3) is 5.08. The molecule has 1 heterocycles. The number of hydrogen-bond donors (Lipinski definition) is 2. The Morgan fingerprint density at radius 2 is 1.88 bits per heavy atom. The van der Waals surface area contributed by atoms with Crippen molar-refractivity contribution in [2.45, 2.75) is 26.2 Å². The molecule has 0 unspecified atom stereocenters. The molecule has 0 aliphatic carbocycles. The van der Waals surface area contributed by atoms with Crippen LogP contribution < -0.4 is 10.7 Å². The van der Waals surface area contributed by atoms with Crippen LogP contribution in [0, 0.1) is 0 Å². The predicted molar refractivity (Wildman–Crippen MR) is 91.9 cm³/mol. The zero-order valence-electron chi connectivity index (χ0n) is 14.0. The van der Waals surface area contributed by atoms with Crippen LogP contribution in [0.1, 0.15) is 42.5 Å². The average Bonchev–Trinajstić information content (AvgIpc) is 3.07. The summed E-state index contributed by atoms with van der Waals surface area (Å²) in [5.41, 5.74) is 4.56. The molecule has 0 fully saturated rings. The summed E-state index contributed by atoms with van der Waals surface area (Å²) in [5.74, 6) is -0.709. The van der Waals surface area contributed by atoms with Crippen molar-refractivity contribution in [1.29, 1.82) is 0 Å². The summed E-state index contributed by atoms with van der Waals surface area (Å²) in [5, 5.41) is 6.31. The molecule has 0 atom stereocenters. The van der Waals surface area contributed by atoms with Gasteiger partial charge in [0, 0.05) is 0 Å². The molecule has 0 saturated heterocycles. The molecule has 0 bridgehead atoms. The van der Waals surface area contributed by atoms with E-state index in [1.807, 2.05) is 24.3 Å². The van der Waals surface area contributed by atoms with E-state index >= 15 is 0 Å². The van der Waals surface area contributed by atoms with Crippen molar-refractivity contribution in [2.24, 2.45) is 5.10 Å². The summed E-state index contributed by atoms with van der Waals surface area (Å²) in [7, 11) is 0. The summed E-state index contributed by atoms with van der Waals surface area (Å²) >= 11 is 0. The van der Waals surface area contributed by atoms with Crippen LogP contribution >= 0.6 is 0 Å². The van der Waals surface area contributed by atoms with E-state index in [4.69, 9.17) is 4.42 Å². The summed E-state index contributed by atoms with van der Waals surface area (Å²) < 4.78 is 4.93. The van der Waals surface area contributed by atoms with E-state index < -0.39 is 11.8 Å². The van der Waals surface area contributed by atoms with Crippen molar-refractivity contribution in [3.05, 3.63) is 59.5 Å². The van der Waals surface area contributed by atoms with Crippen molar-refractivity contribution in [3.63, 3.8) is 0 Å². The highest BCUT2D eigenvalue weighted by atomic mass is 16.3. The molecular weight excluding hydrogens is 306 g/mol. The summed E-state index contributed by atoms with van der Waals surface area (Å²) in [6.45, 7) is 6.26. The molecule has 0 aliphatic heterocycles. The number of carbonyl (C=O) groups excluding carboxylic acids is 2. The lowest BCUT2D eigenvalue weighted by Gasteiger charge is -2.18. The number of rotatable bonds is 5. The Bertz CT molecular complexity index is 711. The molecule has 2 rings (SSSR count). The first kappa shape index (κ1) is 17.5. The van der Waals surface area contributed by atoms with Gasteiger partial charge in [0.1, 0.15) is 0 Å². The Balaban J connectivity index is 1.79. The molecule has 0 spiro atoms. The van der Waals surface area contributed by atoms with Gasteiger partial charge in [0.25, 0.3) is 11.8 Å². The molecular formula is C18H21N3O3. The van der Waals surface area contributed by atoms with Gasteiger partial charge in [-0.05, 0) is 28.7 Å². The van der Waals surface area contributed by atoms with Crippen LogP contribution in [0.3, 0.4) is 0 Å². The van der Waals surface area contributed by atoms with E-state index in [0.29, 0.717) is 0 Å². The Morgan fingerprint density at radius 1 is 1.17 bits per heavy atom. The lowest BCUT2D eigenvalue weighted by Crippen LogP contribution is -2.34. The molecule has 2 amide bonds. The second-order valence-corrected chi connectivity index (χ2v) is 6.33. The van der Waals surface area contributed by atoms with E-state index in [-0.39, 0.29) is 17.7 Å². The van der Waals surface area contributed by atoms with E-state index in [1.165, 1.54) is 17.9 Å². The topological polar surface area (TPSA) is 83.7 Å². The van der Waals surface area contributed by atoms with Gasteiger partial charge in [0.15, 0.2) is 5.76 Å². The lowest BCUT2D eigenvalue weighted by molar-refractivity contribution is -0.120. The number of hydrogen-bond acceptors (Lipinski definition) is 4. The number of benzene rings is 1. The van der Waals surface area contributed by atoms with Crippen LogP contribution in [-0.4, -0.2) is 24.6 Å². The second kappa shape index (κ2) is 7.59. The Kier molecular flexibility index (Phi) is 5.52. The van der Waals surface area contributed by atoms with Crippen molar-refractivity contribution in [3.8, 4) is 0 Å². The predicted octanol–water partition coefficient (Wildman–Crippen LogP) is 2.46. The number of carbonyl (C=O) groups is 2. The Morgan fingerprint density at radius 3 is 2.46 bits per heavy atom. The minimum Gasteiger partial charge on any atom is -0.459 e. The summed E-state index contributed by atoms with van der Waals surface area (Å²) in [6.07, 6.45) is 2.95. The van der Waals surface area contributed by atoms with E-state index in [0.717, 1.165) is 5.56 Å². The molecule has 1 aromatic carbocycles. The molecule has 0 saturated carbocycles. The maximum Gasteiger partial charge on any atom is 0.287 e. The fourth-order valence-corrected chi connectivity index (χ4v) is 1.94. The fraction of sp³-hybridized carbons (Fsp3) is 0.278. The van der Waals surface area contributed by atoms with Gasteiger partial charge in [-0.2, -0.15) is 5.10 Å². The Hall–Kier alpha value is -2.89. The van der Waals surface area contributed by atoms with Crippen LogP contribution in [0.5, 0.6) is 0 Å². The number of hydrazone groups is 1. The molecule has 1 aromatic heterocycles. The monoisotopic (exact) mass is 327 g/mol. The van der Waals surface area contributed by atoms with Gasteiger partial charge in [-0.3, -0.25) is 9.59 Å². The van der Waals surface area contributed by atoms with Gasteiger partial charge < -0.3 is 9.73 Å². The molecule has 2 N–H and O–H groups in total. The molecule has 24 heavy (non-hydrogen) atoms. The van der Waals surface area contributed by atoms with Crippen LogP contribution in [0.15, 0.2) is 52.2 Å². The molecule has 0 radical (unpaired) electrons. The SMILES string of the molecule is CC(C)(C)c1ccc(/C=N/NC(=O)CNC(=O)c2ccco2)cc1. The first-order valence-electron chi connectivity index (χ1n) is 7.60. The van der Waals surface area contributed by atoms with Gasteiger partial charge >= 0.3 is 0 Å². The van der Waals surface area contributed by atoms with Crippen LogP contribution in [-0.2, 0) is 10.2 Å². The van der Waals surface area contributed by atoms with Gasteiger partial charge in [-0.1, -0.05) is 45.0 Å². The van der Waals surface area contributed by atoms with Gasteiger partial charge in [-0.15, -0.1) is 0 Å². The highest BCUT2D eigenvalue weighted by molar-refractivity contribution is 5.94. The smallest absolute Gasteiger partial charge is 0.287 e. The maximum absolute atomic E-state index is 11.6. The van der Waals surface area contributed by atoms with Gasteiger partial charge in [-0.25, -0.2) is 5.43 Å². The first-order chi connectivity index (χ1) is 11.4. The van der Waals surface area contributed by atoms with Crippen LogP contribution in [0.4, 0.5) is 0 Å². The molecule has 0 aliphatic rings. The second-order valence-electron chi connectivity index (χ2n) is 6.33. The Labute approximate surface area is 140 Å². The summed E-state index contributed by atoms with van der Waals surface area (Å²) in [4.78, 5) is 23.2. The fourth-order valence-electron chi connectivity index (χ4n) is 1.94. The van der Waals surface area contributed by atoms with Crippen molar-refractivity contribution in [1.82, 2.24) is 10.7 Å². The standard InChI is InChI=1S/C18H21N3O3/c1-18(2,3)14-8-6-13(7-9-14)11-20-21-16(22)12-19-17(23)15-5-4-10-24-15/h4-11H,12H2,1-3H3,(H,19,23)(H,21,22)/b20-11+. The minimum absolute atomic E-state index is 0.0933. The third-order valence-electron chi connectivity index (χ3n) is 3.33. The van der Waals surface area contributed by atoms with Crippen molar-refractivity contribution >= 4 is 18.0 Å². The van der Waals surface area contributed by atoms with E-state index in [1.54, 1.807) is 12.3 Å². The number of amides is 2. The quantitative estimate of drug-likeness (QED) is 0.653. The van der Waals surface area contributed by atoms with Crippen LogP contribution in [0.25, 0.3) is 0 Å². The maximum atomic E-state index is 11.6. The number of nitrogens with one attached hydrogen (secondary N) is 2. The average molecular weight is 327 g/mol. The largest absolute Gasteiger partial charge is 0.459 e. The normalized spacial score (nSPS) is 11.5. The van der Waals surface area contributed by atoms with E-state index in [2.05, 4.69) is 36.6 Å². The third-order valence-corrected chi connectivity index (χ3v) is 3.33. The van der Waals surface area contributed by atoms with Gasteiger partial charge in [0.05, 0.1) is 19.0 Å². The zero-order valence-corrected chi connectivity index (χ0v) is 14.0. The van der Waals surface area contributed by atoms with Crippen LogP contribution in [0.2, 0.25) is 0 Å².